The number of hydrogen-bond acceptors (Lipinski definition) is 8. The van der Waals surface area contributed by atoms with E-state index < -0.39 is 0 Å². The monoisotopic (exact) mass is 668 g/mol. The summed E-state index contributed by atoms with van der Waals surface area (Å²) in [5.41, 5.74) is 13.4. The first-order chi connectivity index (χ1) is 25.8. The van der Waals surface area contributed by atoms with Gasteiger partial charge in [-0.25, -0.2) is 20.0 Å². The second kappa shape index (κ2) is 13.5. The van der Waals surface area contributed by atoms with Crippen molar-refractivity contribution in [3.63, 3.8) is 0 Å². The van der Waals surface area contributed by atoms with Gasteiger partial charge in [-0.3, -0.25) is 19.9 Å². The molecule has 8 nitrogen and oxygen atoms in total. The zero-order valence-electron chi connectivity index (χ0n) is 27.7. The molecule has 2 aromatic carbocycles. The van der Waals surface area contributed by atoms with E-state index >= 15 is 0 Å². The Morgan fingerprint density at radius 1 is 0.308 bits per heavy atom. The molecule has 9 rings (SSSR count). The Hall–Kier alpha value is -7.32. The van der Waals surface area contributed by atoms with Crippen molar-refractivity contribution in [2.24, 2.45) is 9.98 Å². The van der Waals surface area contributed by atoms with Crippen LogP contribution in [0.2, 0.25) is 0 Å². The molecule has 0 radical (unpaired) electrons. The number of fused-ring (bicyclic) bond motifs is 2. The maximum Gasteiger partial charge on any atom is 0.115 e. The summed E-state index contributed by atoms with van der Waals surface area (Å²) < 4.78 is 0. The highest BCUT2D eigenvalue weighted by molar-refractivity contribution is 6.21. The zero-order chi connectivity index (χ0) is 34.7. The Morgan fingerprint density at radius 3 is 1.10 bits per heavy atom. The van der Waals surface area contributed by atoms with Gasteiger partial charge in [0.2, 0.25) is 0 Å². The molecule has 52 heavy (non-hydrogen) atoms. The predicted molar refractivity (Wildman–Crippen MR) is 205 cm³/mol. The van der Waals surface area contributed by atoms with Crippen molar-refractivity contribution < 1.29 is 0 Å². The molecular formula is C44H28N8. The molecule has 0 spiro atoms. The first-order valence-corrected chi connectivity index (χ1v) is 16.8. The number of aromatic nitrogens is 6. The molecule has 244 valence electrons. The van der Waals surface area contributed by atoms with E-state index in [1.165, 1.54) is 0 Å². The van der Waals surface area contributed by atoms with Gasteiger partial charge in [-0.15, -0.1) is 0 Å². The molecule has 6 aromatic heterocycles. The van der Waals surface area contributed by atoms with Gasteiger partial charge in [0.05, 0.1) is 45.6 Å². The fourth-order valence-corrected chi connectivity index (χ4v) is 6.23. The van der Waals surface area contributed by atoms with Gasteiger partial charge in [-0.2, -0.15) is 0 Å². The summed E-state index contributed by atoms with van der Waals surface area (Å²) in [5, 5.41) is 0. The summed E-state index contributed by atoms with van der Waals surface area (Å²) in [4.78, 5) is 38.4. The van der Waals surface area contributed by atoms with Crippen LogP contribution >= 0.6 is 0 Å². The van der Waals surface area contributed by atoms with Gasteiger partial charge < -0.3 is 0 Å². The minimum Gasteiger partial charge on any atom is -0.264 e. The molecular weight excluding hydrogens is 641 g/mol. The normalized spacial score (nSPS) is 12.1. The molecule has 0 saturated heterocycles. The van der Waals surface area contributed by atoms with E-state index in [4.69, 9.17) is 29.9 Å². The van der Waals surface area contributed by atoms with Crippen LogP contribution in [-0.2, 0) is 0 Å². The van der Waals surface area contributed by atoms with Crippen molar-refractivity contribution in [2.45, 2.75) is 0 Å². The van der Waals surface area contributed by atoms with E-state index in [2.05, 4.69) is 58.5 Å². The third-order valence-electron chi connectivity index (χ3n) is 8.81. The second-order valence-electron chi connectivity index (χ2n) is 12.1. The number of benzene rings is 2. The lowest BCUT2D eigenvalue weighted by atomic mass is 9.99. The number of pyridine rings is 6. The van der Waals surface area contributed by atoms with Crippen LogP contribution in [0.4, 0.5) is 11.4 Å². The highest BCUT2D eigenvalue weighted by Gasteiger charge is 2.22. The molecule has 1 aliphatic rings. The summed E-state index contributed by atoms with van der Waals surface area (Å²) >= 11 is 0. The highest BCUT2D eigenvalue weighted by Crippen LogP contribution is 2.33. The van der Waals surface area contributed by atoms with E-state index in [0.29, 0.717) is 34.2 Å². The third kappa shape index (κ3) is 6.05. The molecule has 0 saturated carbocycles. The van der Waals surface area contributed by atoms with E-state index in [-0.39, 0.29) is 0 Å². The van der Waals surface area contributed by atoms with Crippen LogP contribution in [0.25, 0.3) is 45.0 Å². The molecule has 0 N–H and O–H groups in total. The number of aliphatic imine (C=N–C) groups is 2. The van der Waals surface area contributed by atoms with Gasteiger partial charge in [0, 0.05) is 70.6 Å². The Labute approximate surface area is 300 Å². The van der Waals surface area contributed by atoms with Crippen LogP contribution in [-0.4, -0.2) is 41.3 Å². The van der Waals surface area contributed by atoms with E-state index in [9.17, 15) is 0 Å². The summed E-state index contributed by atoms with van der Waals surface area (Å²) in [5.74, 6) is 0. The van der Waals surface area contributed by atoms with Crippen LogP contribution in [0.15, 0.2) is 181 Å². The summed E-state index contributed by atoms with van der Waals surface area (Å²) in [6.07, 6.45) is 10.7. The van der Waals surface area contributed by atoms with Gasteiger partial charge in [-0.1, -0.05) is 60.7 Å². The van der Waals surface area contributed by atoms with Crippen molar-refractivity contribution in [2.75, 3.05) is 0 Å². The molecule has 8 heteroatoms. The van der Waals surface area contributed by atoms with Gasteiger partial charge in [-0.05, 0) is 72.8 Å². The summed E-state index contributed by atoms with van der Waals surface area (Å²) in [6, 6.07) is 44.1. The smallest absolute Gasteiger partial charge is 0.115 e. The summed E-state index contributed by atoms with van der Waals surface area (Å²) in [7, 11) is 0. The number of nitrogens with zero attached hydrogens (tertiary/aromatic N) is 8. The Morgan fingerprint density at radius 2 is 0.692 bits per heavy atom. The molecule has 7 heterocycles. The lowest BCUT2D eigenvalue weighted by Gasteiger charge is -2.17. The molecule has 0 bridgehead atoms. The number of hydrogen-bond donors (Lipinski definition) is 0. The van der Waals surface area contributed by atoms with E-state index in [0.717, 1.165) is 56.2 Å². The SMILES string of the molecule is c1cncc(-c2cccc(-c3ccc(C4=Nc5cccnc5C(c5ccc(-c6cccc(-c7cccnc7)n6)cc5)=Nc5cccnc54)cc3)n2)c1. The van der Waals surface area contributed by atoms with Gasteiger partial charge >= 0.3 is 0 Å². The van der Waals surface area contributed by atoms with Crippen LogP contribution in [0, 0.1) is 0 Å². The largest absolute Gasteiger partial charge is 0.264 e. The van der Waals surface area contributed by atoms with Gasteiger partial charge in [0.25, 0.3) is 0 Å². The minimum absolute atomic E-state index is 0.687. The molecule has 8 aromatic rings. The average Bonchev–Trinajstić information content (AvgIpc) is 3.22. The Bertz CT molecular complexity index is 2420. The van der Waals surface area contributed by atoms with Crippen LogP contribution in [0.1, 0.15) is 22.5 Å². The standard InChI is InChI=1S/C44H28N8/c1-9-35(49-37(11-1)33-7-3-23-45-27-33)29-15-19-31(20-16-29)41-43-39(13-5-25-47-43)52-42(44-40(51-41)14-6-26-48-44)32-21-17-30(18-22-32)36-10-2-12-38(50-36)34-8-4-24-46-28-34/h1-28H. The molecule has 1 aliphatic heterocycles. The Balaban J connectivity index is 1.07. The first-order valence-electron chi connectivity index (χ1n) is 16.8. The maximum absolute atomic E-state index is 5.22. The lowest BCUT2D eigenvalue weighted by Crippen LogP contribution is -2.12. The van der Waals surface area contributed by atoms with E-state index in [1.807, 2.05) is 97.3 Å². The lowest BCUT2D eigenvalue weighted by molar-refractivity contribution is 1.22. The average molecular weight is 669 g/mol. The summed E-state index contributed by atoms with van der Waals surface area (Å²) in [6.45, 7) is 0. The quantitative estimate of drug-likeness (QED) is 0.175. The maximum atomic E-state index is 5.22. The van der Waals surface area contributed by atoms with Crippen molar-refractivity contribution in [3.05, 3.63) is 193 Å². The Kier molecular flexibility index (Phi) is 7.99. The second-order valence-corrected chi connectivity index (χ2v) is 12.1. The molecule has 0 atom stereocenters. The molecule has 0 unspecified atom stereocenters. The molecule has 0 aliphatic carbocycles. The van der Waals surface area contributed by atoms with Crippen molar-refractivity contribution in [1.29, 1.82) is 0 Å². The van der Waals surface area contributed by atoms with Crippen molar-refractivity contribution >= 4 is 22.8 Å². The van der Waals surface area contributed by atoms with E-state index in [1.54, 1.807) is 24.8 Å². The molecule has 0 fully saturated rings. The van der Waals surface area contributed by atoms with Gasteiger partial charge in [0.1, 0.15) is 11.4 Å². The molecule has 0 amide bonds. The van der Waals surface area contributed by atoms with Crippen molar-refractivity contribution in [3.8, 4) is 45.0 Å². The zero-order valence-corrected chi connectivity index (χ0v) is 27.7. The van der Waals surface area contributed by atoms with Crippen LogP contribution in [0.3, 0.4) is 0 Å². The first kappa shape index (κ1) is 30.7. The fraction of sp³-hybridized carbons (Fsp3) is 0. The fourth-order valence-electron chi connectivity index (χ4n) is 6.23. The van der Waals surface area contributed by atoms with Gasteiger partial charge in [0.15, 0.2) is 0 Å². The van der Waals surface area contributed by atoms with Crippen LogP contribution in [0.5, 0.6) is 0 Å². The minimum atomic E-state index is 0.687. The van der Waals surface area contributed by atoms with Crippen LogP contribution < -0.4 is 0 Å². The number of rotatable bonds is 6. The third-order valence-corrected chi connectivity index (χ3v) is 8.81. The van der Waals surface area contributed by atoms with Crippen molar-refractivity contribution in [1.82, 2.24) is 29.9 Å². The topological polar surface area (TPSA) is 102 Å². The predicted octanol–water partition coefficient (Wildman–Crippen LogP) is 9.38. The highest BCUT2D eigenvalue weighted by atomic mass is 14.9.